The zero-order valence-electron chi connectivity index (χ0n) is 6.15. The lowest BCUT2D eigenvalue weighted by atomic mass is 10.2. The highest BCUT2D eigenvalue weighted by Gasteiger charge is 2.11. The van der Waals surface area contributed by atoms with Gasteiger partial charge in [-0.3, -0.25) is 0 Å². The summed E-state index contributed by atoms with van der Waals surface area (Å²) in [4.78, 5) is 0. The van der Waals surface area contributed by atoms with Gasteiger partial charge >= 0.3 is 0 Å². The van der Waals surface area contributed by atoms with Crippen molar-refractivity contribution in [1.29, 1.82) is 0 Å². The van der Waals surface area contributed by atoms with E-state index in [4.69, 9.17) is 4.74 Å². The van der Waals surface area contributed by atoms with E-state index < -0.39 is 0 Å². The van der Waals surface area contributed by atoms with Crippen LogP contribution in [-0.4, -0.2) is 10.9 Å². The van der Waals surface area contributed by atoms with Crippen LogP contribution in [0, 0.1) is 0 Å². The van der Waals surface area contributed by atoms with Gasteiger partial charge in [-0.05, 0) is 20.8 Å². The highest BCUT2D eigenvalue weighted by molar-refractivity contribution is 9.10. The van der Waals surface area contributed by atoms with Crippen LogP contribution in [0.5, 0.6) is 0 Å². The number of rotatable bonds is 3. The van der Waals surface area contributed by atoms with Crippen LogP contribution in [0.2, 0.25) is 0 Å². The molecule has 0 saturated heterocycles. The Balaban J connectivity index is 3.28. The molecule has 0 amide bonds. The molecule has 0 N–H and O–H groups in total. The Bertz CT molecular complexity index is 91.6. The molecule has 0 rings (SSSR count). The van der Waals surface area contributed by atoms with Crippen molar-refractivity contribution in [2.75, 3.05) is 6.61 Å². The van der Waals surface area contributed by atoms with E-state index in [1.54, 1.807) is 6.26 Å². The first kappa shape index (κ1) is 9.02. The summed E-state index contributed by atoms with van der Waals surface area (Å²) in [5, 5.41) is 0. The van der Waals surface area contributed by atoms with E-state index in [1.807, 2.05) is 13.0 Å². The van der Waals surface area contributed by atoms with Crippen LogP contribution in [0.1, 0.15) is 20.8 Å². The Morgan fingerprint density at radius 3 is 2.44 bits per heavy atom. The van der Waals surface area contributed by atoms with Crippen LogP contribution in [0.15, 0.2) is 12.3 Å². The van der Waals surface area contributed by atoms with Gasteiger partial charge in [0.15, 0.2) is 0 Å². The molecule has 0 bridgehead atoms. The molecule has 9 heavy (non-hydrogen) atoms. The number of halogens is 1. The number of hydrogen-bond donors (Lipinski definition) is 0. The summed E-state index contributed by atoms with van der Waals surface area (Å²) < 4.78 is 5.21. The number of hydrogen-bond acceptors (Lipinski definition) is 1. The van der Waals surface area contributed by atoms with E-state index in [2.05, 4.69) is 29.8 Å². The van der Waals surface area contributed by atoms with E-state index in [9.17, 15) is 0 Å². The second-order valence-corrected chi connectivity index (χ2v) is 4.65. The maximum atomic E-state index is 5.12. The minimum Gasteiger partial charge on any atom is -0.500 e. The highest BCUT2D eigenvalue weighted by Crippen LogP contribution is 2.15. The van der Waals surface area contributed by atoms with Gasteiger partial charge in [-0.1, -0.05) is 22.0 Å². The molecular weight excluding hydrogens is 180 g/mol. The van der Waals surface area contributed by atoms with Gasteiger partial charge in [-0.15, -0.1) is 0 Å². The molecule has 0 heterocycles. The Morgan fingerprint density at radius 1 is 1.56 bits per heavy atom. The van der Waals surface area contributed by atoms with Crippen LogP contribution in [-0.2, 0) is 4.74 Å². The van der Waals surface area contributed by atoms with Crippen LogP contribution < -0.4 is 0 Å². The van der Waals surface area contributed by atoms with E-state index in [1.165, 1.54) is 0 Å². The molecule has 0 aromatic carbocycles. The zero-order valence-corrected chi connectivity index (χ0v) is 7.73. The summed E-state index contributed by atoms with van der Waals surface area (Å²) in [6.07, 6.45) is 3.57. The normalized spacial score (nSPS) is 12.4. The predicted octanol–water partition coefficient (Wildman–Crippen LogP) is 2.71. The van der Waals surface area contributed by atoms with Crippen molar-refractivity contribution in [3.05, 3.63) is 12.3 Å². The Kier molecular flexibility index (Phi) is 3.95. The largest absolute Gasteiger partial charge is 0.500 e. The molecule has 0 fully saturated rings. The lowest BCUT2D eigenvalue weighted by Crippen LogP contribution is -2.16. The van der Waals surface area contributed by atoms with Crippen molar-refractivity contribution >= 4 is 15.9 Å². The summed E-state index contributed by atoms with van der Waals surface area (Å²) in [6, 6.07) is 0. The fraction of sp³-hybridized carbons (Fsp3) is 0.714. The third kappa shape index (κ3) is 8.02. The Labute approximate surface area is 65.2 Å². The molecular formula is C7H13BrO. The summed E-state index contributed by atoms with van der Waals surface area (Å²) >= 11 is 3.45. The summed E-state index contributed by atoms with van der Waals surface area (Å²) in [5.74, 6) is 0. The quantitative estimate of drug-likeness (QED) is 0.494. The van der Waals surface area contributed by atoms with Crippen molar-refractivity contribution in [1.82, 2.24) is 0 Å². The van der Waals surface area contributed by atoms with Gasteiger partial charge in [0.1, 0.15) is 6.61 Å². The Hall–Kier alpha value is 0.0200. The highest BCUT2D eigenvalue weighted by atomic mass is 79.9. The van der Waals surface area contributed by atoms with Gasteiger partial charge in [0, 0.05) is 0 Å². The molecule has 2 heteroatoms. The predicted molar refractivity (Wildman–Crippen MR) is 43.8 cm³/mol. The van der Waals surface area contributed by atoms with E-state index >= 15 is 0 Å². The lowest BCUT2D eigenvalue weighted by molar-refractivity contribution is 0.228. The number of ether oxygens (including phenoxy) is 1. The smallest absolute Gasteiger partial charge is 0.102 e. The van der Waals surface area contributed by atoms with Crippen LogP contribution in [0.3, 0.4) is 0 Å². The van der Waals surface area contributed by atoms with Crippen LogP contribution in [0.4, 0.5) is 0 Å². The molecule has 0 aliphatic rings. The molecule has 0 radical (unpaired) electrons. The number of alkyl halides is 1. The molecule has 0 aromatic heterocycles. The molecule has 0 saturated carbocycles. The van der Waals surface area contributed by atoms with Gasteiger partial charge in [-0.2, -0.15) is 0 Å². The molecule has 0 atom stereocenters. The van der Waals surface area contributed by atoms with Crippen molar-refractivity contribution in [2.24, 2.45) is 0 Å². The third-order valence-corrected chi connectivity index (χ3v) is 0.888. The van der Waals surface area contributed by atoms with E-state index in [0.29, 0.717) is 6.61 Å². The molecule has 0 spiro atoms. The first-order valence-corrected chi connectivity index (χ1v) is 3.77. The second kappa shape index (κ2) is 3.94. The van der Waals surface area contributed by atoms with Gasteiger partial charge in [0.2, 0.25) is 0 Å². The lowest BCUT2D eigenvalue weighted by Gasteiger charge is -2.14. The van der Waals surface area contributed by atoms with E-state index in [-0.39, 0.29) is 4.32 Å². The maximum absolute atomic E-state index is 5.12. The fourth-order valence-corrected chi connectivity index (χ4v) is 0.475. The third-order valence-electron chi connectivity index (χ3n) is 0.659. The van der Waals surface area contributed by atoms with Crippen molar-refractivity contribution in [3.8, 4) is 0 Å². The molecule has 0 unspecified atom stereocenters. The summed E-state index contributed by atoms with van der Waals surface area (Å²) in [6.45, 7) is 6.77. The van der Waals surface area contributed by atoms with Crippen molar-refractivity contribution < 1.29 is 4.74 Å². The van der Waals surface area contributed by atoms with Gasteiger partial charge in [-0.25, -0.2) is 0 Å². The minimum atomic E-state index is 0.0898. The average molecular weight is 193 g/mol. The minimum absolute atomic E-state index is 0.0898. The monoisotopic (exact) mass is 192 g/mol. The molecule has 1 nitrogen and oxygen atoms in total. The van der Waals surface area contributed by atoms with Crippen molar-refractivity contribution in [2.45, 2.75) is 25.1 Å². The first-order valence-electron chi connectivity index (χ1n) is 2.98. The second-order valence-electron chi connectivity index (χ2n) is 2.50. The molecule has 0 aromatic rings. The van der Waals surface area contributed by atoms with Crippen molar-refractivity contribution in [3.63, 3.8) is 0 Å². The van der Waals surface area contributed by atoms with E-state index in [0.717, 1.165) is 0 Å². The molecule has 0 aliphatic heterocycles. The topological polar surface area (TPSA) is 9.23 Å². The van der Waals surface area contributed by atoms with Crippen LogP contribution >= 0.6 is 15.9 Å². The number of allylic oxidation sites excluding steroid dienone is 1. The fourth-order valence-electron chi connectivity index (χ4n) is 0.343. The zero-order chi connectivity index (χ0) is 7.33. The average Bonchev–Trinajstić information content (AvgIpc) is 1.63. The standard InChI is InChI=1S/C7H13BrO/c1-4-5-9-6-7(2,3)8/h4-5H,6H2,1-3H3. The maximum Gasteiger partial charge on any atom is 0.102 e. The van der Waals surface area contributed by atoms with Gasteiger partial charge in [0.25, 0.3) is 0 Å². The van der Waals surface area contributed by atoms with Crippen LogP contribution in [0.25, 0.3) is 0 Å². The first-order chi connectivity index (χ1) is 4.06. The Morgan fingerprint density at radius 2 is 2.11 bits per heavy atom. The molecule has 0 aliphatic carbocycles. The van der Waals surface area contributed by atoms with Gasteiger partial charge in [0.05, 0.1) is 10.6 Å². The van der Waals surface area contributed by atoms with Gasteiger partial charge < -0.3 is 4.74 Å². The SMILES string of the molecule is CC=COCC(C)(C)Br. The summed E-state index contributed by atoms with van der Waals surface area (Å²) in [7, 11) is 0. The summed E-state index contributed by atoms with van der Waals surface area (Å²) in [5.41, 5.74) is 0. The molecule has 54 valence electrons.